The van der Waals surface area contributed by atoms with Crippen molar-refractivity contribution in [1.82, 2.24) is 0 Å². The van der Waals surface area contributed by atoms with Crippen LogP contribution in [-0.2, 0) is 10.1 Å². The molecule has 1 radical (unpaired) electrons. The molecule has 0 fully saturated rings. The molecule has 0 aliphatic rings. The third kappa shape index (κ3) is 47.9. The van der Waals surface area contributed by atoms with Crippen molar-refractivity contribution >= 4 is 61.5 Å². The van der Waals surface area contributed by atoms with Gasteiger partial charge in [-0.3, -0.25) is 4.55 Å². The molecule has 0 rings (SSSR count). The third-order valence-corrected chi connectivity index (χ3v) is 0. The van der Waals surface area contributed by atoms with Crippen LogP contribution < -0.4 is 0 Å². The van der Waals surface area contributed by atoms with E-state index in [9.17, 15) is 0 Å². The van der Waals surface area contributed by atoms with Crippen molar-refractivity contribution in [2.75, 3.05) is 0 Å². The molecule has 0 aliphatic heterocycles. The van der Waals surface area contributed by atoms with Crippen LogP contribution >= 0.6 is 0 Å². The van der Waals surface area contributed by atoms with Crippen LogP contribution in [0.15, 0.2) is 0 Å². The summed E-state index contributed by atoms with van der Waals surface area (Å²) in [6.45, 7) is 0. The Labute approximate surface area is 79.3 Å². The molecule has 1 N–H and O–H groups in total. The van der Waals surface area contributed by atoms with Gasteiger partial charge in [0.05, 0.1) is 6.26 Å². The summed E-state index contributed by atoms with van der Waals surface area (Å²) in [5.41, 5.74) is 0. The molecule has 0 aromatic heterocycles. The zero-order valence-electron chi connectivity index (χ0n) is 2.38. The summed E-state index contributed by atoms with van der Waals surface area (Å²) >= 11 is 0. The summed E-state index contributed by atoms with van der Waals surface area (Å²) < 4.78 is 25.5. The van der Waals surface area contributed by atoms with Gasteiger partial charge in [0.15, 0.2) is 0 Å². The molecule has 0 aromatic carbocycles. The van der Waals surface area contributed by atoms with Gasteiger partial charge in [0.1, 0.15) is 0 Å². The second kappa shape index (κ2) is 3.54. The van der Waals surface area contributed by atoms with E-state index in [0.29, 0.717) is 0 Å². The van der Waals surface area contributed by atoms with Crippen LogP contribution in [-0.4, -0.2) is 64.4 Å². The summed E-state index contributed by atoms with van der Waals surface area (Å²) in [5, 5.41) is 0. The number of hydrogen-bond donors (Lipinski definition) is 1. The monoisotopic (exact) mass is 135 g/mol. The zero-order chi connectivity index (χ0) is 4.50. The van der Waals surface area contributed by atoms with Gasteiger partial charge in [-0.1, -0.05) is 0 Å². The van der Waals surface area contributed by atoms with Gasteiger partial charge in [0.25, 0.3) is 10.1 Å². The molecule has 5 heteroatoms. The Balaban J connectivity index is 0. The van der Waals surface area contributed by atoms with Crippen molar-refractivity contribution in [1.29, 1.82) is 0 Å². The molecule has 33 valence electrons. The molecule has 0 amide bonds. The predicted octanol–water partition coefficient (Wildman–Crippen LogP) is -0.983. The van der Waals surface area contributed by atoms with Crippen molar-refractivity contribution < 1.29 is 13.0 Å². The van der Waals surface area contributed by atoms with Crippen molar-refractivity contribution in [3.63, 3.8) is 0 Å². The first-order valence-corrected chi connectivity index (χ1v) is 2.41. The number of rotatable bonds is 0. The molecule has 0 saturated carbocycles. The van der Waals surface area contributed by atoms with Gasteiger partial charge in [-0.05, 0) is 0 Å². The van der Waals surface area contributed by atoms with E-state index >= 15 is 0 Å². The molecule has 0 bridgehead atoms. The van der Waals surface area contributed by atoms with Crippen LogP contribution in [0.1, 0.15) is 0 Å². The van der Waals surface area contributed by atoms with E-state index in [4.69, 9.17) is 13.0 Å². The first-order valence-electron chi connectivity index (χ1n) is 0.805. The molecule has 0 aliphatic carbocycles. The molecule has 0 saturated heterocycles. The van der Waals surface area contributed by atoms with E-state index in [-0.39, 0.29) is 51.4 Å². The fourth-order valence-corrected chi connectivity index (χ4v) is 0. The van der Waals surface area contributed by atoms with Crippen LogP contribution in [0.2, 0.25) is 0 Å². The topological polar surface area (TPSA) is 54.4 Å². The second-order valence-electron chi connectivity index (χ2n) is 0.582. The van der Waals surface area contributed by atoms with E-state index < -0.39 is 10.1 Å². The van der Waals surface area contributed by atoms with E-state index in [1.165, 1.54) is 0 Å². The van der Waals surface area contributed by atoms with Gasteiger partial charge in [-0.15, -0.1) is 0 Å². The van der Waals surface area contributed by atoms with E-state index in [1.54, 1.807) is 0 Å². The fourth-order valence-electron chi connectivity index (χ4n) is 0. The Morgan fingerprint density at radius 3 is 1.50 bits per heavy atom. The van der Waals surface area contributed by atoms with E-state index in [0.717, 1.165) is 0 Å². The molecule has 0 unspecified atom stereocenters. The zero-order valence-corrected chi connectivity index (χ0v) is 3.20. The van der Waals surface area contributed by atoms with Gasteiger partial charge in [-0.25, -0.2) is 0 Å². The summed E-state index contributed by atoms with van der Waals surface area (Å²) in [5.74, 6) is 0. The van der Waals surface area contributed by atoms with Crippen LogP contribution in [0.3, 0.4) is 0 Å². The van der Waals surface area contributed by atoms with Crippen molar-refractivity contribution in [2.45, 2.75) is 0 Å². The molecule has 3 nitrogen and oxygen atoms in total. The minimum atomic E-state index is -3.92. The molecular formula is CH4KO3S. The Morgan fingerprint density at radius 2 is 1.50 bits per heavy atom. The maximum atomic E-state index is 9.08. The molecule has 0 spiro atoms. The standard InChI is InChI=1S/CH3O3S.K.H/c1-5(2,3)4;;/h1H2,(H,2,3,4);;. The van der Waals surface area contributed by atoms with Crippen LogP contribution in [0.5, 0.6) is 0 Å². The minimum absolute atomic E-state index is 0. The predicted molar refractivity (Wildman–Crippen MR) is 24.1 cm³/mol. The third-order valence-electron chi connectivity index (χ3n) is 0. The fraction of sp³-hybridized carbons (Fsp3) is 0. The normalized spacial score (nSPS) is 9.67. The van der Waals surface area contributed by atoms with Gasteiger partial charge < -0.3 is 0 Å². The van der Waals surface area contributed by atoms with Gasteiger partial charge in [-0.2, -0.15) is 8.42 Å². The molecule has 0 heterocycles. The van der Waals surface area contributed by atoms with Crippen LogP contribution in [0, 0.1) is 6.26 Å². The van der Waals surface area contributed by atoms with Gasteiger partial charge in [0, 0.05) is 0 Å². The number of hydrogen-bond acceptors (Lipinski definition) is 2. The maximum absolute atomic E-state index is 9.08. The Morgan fingerprint density at radius 1 is 1.50 bits per heavy atom. The first-order chi connectivity index (χ1) is 2.00. The Hall–Kier alpha value is 1.55. The van der Waals surface area contributed by atoms with Crippen molar-refractivity contribution in [2.24, 2.45) is 0 Å². The summed E-state index contributed by atoms with van der Waals surface area (Å²) in [6.07, 6.45) is 2.30. The van der Waals surface area contributed by atoms with Gasteiger partial charge >= 0.3 is 51.4 Å². The van der Waals surface area contributed by atoms with Crippen molar-refractivity contribution in [3.05, 3.63) is 6.26 Å². The van der Waals surface area contributed by atoms with Crippen LogP contribution in [0.4, 0.5) is 0 Å². The molecular weight excluding hydrogens is 131 g/mol. The average Bonchev–Trinajstić information content (AvgIpc) is 0.722. The SMILES string of the molecule is [CH2]S(=O)(=O)O.[KH]. The first kappa shape index (κ1) is 10.5. The summed E-state index contributed by atoms with van der Waals surface area (Å²) in [6, 6.07) is 0. The summed E-state index contributed by atoms with van der Waals surface area (Å²) in [4.78, 5) is 0. The Kier molecular flexibility index (Phi) is 6.20. The summed E-state index contributed by atoms with van der Waals surface area (Å²) in [7, 11) is -3.92. The molecule has 6 heavy (non-hydrogen) atoms. The second-order valence-corrected chi connectivity index (χ2v) is 1.75. The molecule has 0 atom stereocenters. The average molecular weight is 135 g/mol. The van der Waals surface area contributed by atoms with Crippen molar-refractivity contribution in [3.8, 4) is 0 Å². The molecule has 0 aromatic rings. The quantitative estimate of drug-likeness (QED) is 0.343. The Bertz CT molecular complexity index is 94.0. The van der Waals surface area contributed by atoms with Crippen LogP contribution in [0.25, 0.3) is 0 Å². The van der Waals surface area contributed by atoms with Gasteiger partial charge in [0.2, 0.25) is 0 Å². The van der Waals surface area contributed by atoms with E-state index in [2.05, 4.69) is 6.26 Å². The van der Waals surface area contributed by atoms with E-state index in [1.807, 2.05) is 0 Å².